The monoisotopic (exact) mass is 746 g/mol. The molecule has 0 atom stereocenters. The second-order valence-corrected chi connectivity index (χ2v) is 15.4. The number of rotatable bonds is 5. The Kier molecular flexibility index (Phi) is 7.03. The lowest BCUT2D eigenvalue weighted by Crippen LogP contribution is -2.00. The Balaban J connectivity index is 1.08. The molecule has 0 unspecified atom stereocenters. The van der Waals surface area contributed by atoms with Crippen LogP contribution in [0.4, 0.5) is 0 Å². The second-order valence-electron chi connectivity index (χ2n) is 14.4. The van der Waals surface area contributed by atoms with Gasteiger partial charge in [-0.25, -0.2) is 15.0 Å². The zero-order chi connectivity index (χ0) is 37.5. The van der Waals surface area contributed by atoms with Gasteiger partial charge in [-0.2, -0.15) is 0 Å². The first-order chi connectivity index (χ1) is 28.2. The fourth-order valence-electron chi connectivity index (χ4n) is 8.51. The van der Waals surface area contributed by atoms with E-state index in [4.69, 9.17) is 19.4 Å². The smallest absolute Gasteiger partial charge is 0.164 e. The highest BCUT2D eigenvalue weighted by molar-refractivity contribution is 7.26. The molecule has 12 aromatic rings. The van der Waals surface area contributed by atoms with E-state index in [0.717, 1.165) is 66.5 Å². The van der Waals surface area contributed by atoms with Gasteiger partial charge in [-0.1, -0.05) is 127 Å². The van der Waals surface area contributed by atoms with E-state index < -0.39 is 0 Å². The molecule has 0 radical (unpaired) electrons. The first kappa shape index (κ1) is 31.9. The van der Waals surface area contributed by atoms with Crippen LogP contribution in [0.5, 0.6) is 0 Å². The molecule has 0 saturated heterocycles. The minimum atomic E-state index is 0.594. The summed E-state index contributed by atoms with van der Waals surface area (Å²) in [5, 5.41) is 6.93. The molecule has 0 amide bonds. The average Bonchev–Trinajstić information content (AvgIpc) is 3.96. The zero-order valence-electron chi connectivity index (χ0n) is 30.4. The van der Waals surface area contributed by atoms with Crippen LogP contribution in [0, 0.1) is 0 Å². The standard InChI is InChI=1S/C51H30N4OS/c1-3-14-31(15-4-1)40-28-33(29-46-48(40)38-20-9-12-25-45(38)57-46)50-52-49(32-16-5-2-6-17-32)53-51(54-50)39-21-13-24-43-47(39)37-27-26-34(30-44(37)56-43)55-41-22-10-7-18-35(41)36-19-8-11-23-42(36)55/h1-30H. The lowest BCUT2D eigenvalue weighted by Gasteiger charge is -2.12. The van der Waals surface area contributed by atoms with Crippen molar-refractivity contribution in [1.82, 2.24) is 19.5 Å². The molecule has 0 aliphatic carbocycles. The van der Waals surface area contributed by atoms with Crippen LogP contribution in [0.3, 0.4) is 0 Å². The first-order valence-electron chi connectivity index (χ1n) is 19.0. The van der Waals surface area contributed by atoms with Crippen LogP contribution >= 0.6 is 11.3 Å². The van der Waals surface area contributed by atoms with Crippen molar-refractivity contribution in [3.05, 3.63) is 182 Å². The number of fused-ring (bicyclic) bond motifs is 9. The van der Waals surface area contributed by atoms with Crippen LogP contribution in [0.1, 0.15) is 0 Å². The van der Waals surface area contributed by atoms with Gasteiger partial charge in [0.25, 0.3) is 0 Å². The molecule has 0 bridgehead atoms. The van der Waals surface area contributed by atoms with E-state index in [2.05, 4.69) is 156 Å². The van der Waals surface area contributed by atoms with Gasteiger partial charge < -0.3 is 8.98 Å². The highest BCUT2D eigenvalue weighted by Crippen LogP contribution is 2.44. The Morgan fingerprint density at radius 2 is 1.02 bits per heavy atom. The second kappa shape index (κ2) is 12.6. The molecule has 0 aliphatic heterocycles. The van der Waals surface area contributed by atoms with Crippen molar-refractivity contribution in [2.24, 2.45) is 0 Å². The highest BCUT2D eigenvalue weighted by Gasteiger charge is 2.21. The molecule has 0 fully saturated rings. The molecule has 0 aliphatic rings. The molecule has 4 aromatic heterocycles. The van der Waals surface area contributed by atoms with E-state index in [0.29, 0.717) is 17.5 Å². The van der Waals surface area contributed by atoms with E-state index in [1.165, 1.54) is 30.9 Å². The summed E-state index contributed by atoms with van der Waals surface area (Å²) < 4.78 is 11.4. The maximum atomic E-state index is 6.67. The number of thiophene rings is 1. The number of hydrogen-bond acceptors (Lipinski definition) is 5. The van der Waals surface area contributed by atoms with Crippen LogP contribution in [-0.4, -0.2) is 19.5 Å². The van der Waals surface area contributed by atoms with E-state index in [-0.39, 0.29) is 0 Å². The van der Waals surface area contributed by atoms with Crippen molar-refractivity contribution in [1.29, 1.82) is 0 Å². The highest BCUT2D eigenvalue weighted by atomic mass is 32.1. The van der Waals surface area contributed by atoms with Gasteiger partial charge in [-0.3, -0.25) is 0 Å². The molecule has 266 valence electrons. The number of aromatic nitrogens is 4. The molecule has 0 N–H and O–H groups in total. The maximum Gasteiger partial charge on any atom is 0.164 e. The molecule has 8 aromatic carbocycles. The number of benzene rings is 8. The third kappa shape index (κ3) is 5.04. The molecule has 4 heterocycles. The van der Waals surface area contributed by atoms with Crippen molar-refractivity contribution in [3.8, 4) is 51.0 Å². The average molecular weight is 747 g/mol. The number of para-hydroxylation sites is 2. The van der Waals surface area contributed by atoms with Crippen LogP contribution in [0.2, 0.25) is 0 Å². The number of hydrogen-bond donors (Lipinski definition) is 0. The van der Waals surface area contributed by atoms with Crippen LogP contribution in [0.15, 0.2) is 186 Å². The van der Waals surface area contributed by atoms with Gasteiger partial charge in [0, 0.05) is 70.2 Å². The van der Waals surface area contributed by atoms with Crippen molar-refractivity contribution >= 4 is 75.3 Å². The summed E-state index contributed by atoms with van der Waals surface area (Å²) in [6.45, 7) is 0. The molecular weight excluding hydrogens is 717 g/mol. The first-order valence-corrected chi connectivity index (χ1v) is 19.8. The van der Waals surface area contributed by atoms with Crippen molar-refractivity contribution in [2.45, 2.75) is 0 Å². The zero-order valence-corrected chi connectivity index (χ0v) is 31.2. The lowest BCUT2D eigenvalue weighted by molar-refractivity contribution is 0.668. The largest absolute Gasteiger partial charge is 0.456 e. The summed E-state index contributed by atoms with van der Waals surface area (Å²) in [5.41, 5.74) is 10.0. The van der Waals surface area contributed by atoms with Crippen molar-refractivity contribution in [3.63, 3.8) is 0 Å². The normalized spacial score (nSPS) is 11.9. The molecule has 5 nitrogen and oxygen atoms in total. The number of nitrogens with zero attached hydrogens (tertiary/aromatic N) is 4. The summed E-state index contributed by atoms with van der Waals surface area (Å²) in [6.07, 6.45) is 0. The van der Waals surface area contributed by atoms with Gasteiger partial charge >= 0.3 is 0 Å². The molecule has 0 saturated carbocycles. The Bertz CT molecular complexity index is 3470. The minimum absolute atomic E-state index is 0.594. The summed E-state index contributed by atoms with van der Waals surface area (Å²) in [5.74, 6) is 1.83. The molecule has 12 rings (SSSR count). The Morgan fingerprint density at radius 3 is 1.77 bits per heavy atom. The predicted octanol–water partition coefficient (Wildman–Crippen LogP) is 13.9. The van der Waals surface area contributed by atoms with Gasteiger partial charge in [-0.15, -0.1) is 11.3 Å². The van der Waals surface area contributed by atoms with Gasteiger partial charge in [0.2, 0.25) is 0 Å². The van der Waals surface area contributed by atoms with E-state index in [9.17, 15) is 0 Å². The fraction of sp³-hybridized carbons (Fsp3) is 0. The van der Waals surface area contributed by atoms with Gasteiger partial charge in [0.05, 0.1) is 11.0 Å². The molecule has 6 heteroatoms. The molecule has 0 spiro atoms. The van der Waals surface area contributed by atoms with Gasteiger partial charge in [0.1, 0.15) is 11.2 Å². The van der Waals surface area contributed by atoms with Gasteiger partial charge in [-0.05, 0) is 59.7 Å². The molecular formula is C51H30N4OS. The van der Waals surface area contributed by atoms with Crippen LogP contribution in [0.25, 0.3) is 115 Å². The van der Waals surface area contributed by atoms with E-state index in [1.807, 2.05) is 30.3 Å². The molecule has 57 heavy (non-hydrogen) atoms. The summed E-state index contributed by atoms with van der Waals surface area (Å²) >= 11 is 1.80. The number of furan rings is 1. The predicted molar refractivity (Wildman–Crippen MR) is 236 cm³/mol. The summed E-state index contributed by atoms with van der Waals surface area (Å²) in [6, 6.07) is 63.7. The Labute approximate surface area is 330 Å². The van der Waals surface area contributed by atoms with Crippen LogP contribution in [-0.2, 0) is 0 Å². The Hall–Kier alpha value is -7.41. The van der Waals surface area contributed by atoms with Crippen molar-refractivity contribution < 1.29 is 4.42 Å². The Morgan fingerprint density at radius 1 is 0.386 bits per heavy atom. The third-order valence-electron chi connectivity index (χ3n) is 11.0. The third-order valence-corrected chi connectivity index (χ3v) is 12.2. The van der Waals surface area contributed by atoms with E-state index in [1.54, 1.807) is 11.3 Å². The van der Waals surface area contributed by atoms with Gasteiger partial charge in [0.15, 0.2) is 17.5 Å². The minimum Gasteiger partial charge on any atom is -0.456 e. The van der Waals surface area contributed by atoms with Crippen molar-refractivity contribution in [2.75, 3.05) is 0 Å². The quantitative estimate of drug-likeness (QED) is 0.176. The maximum absolute atomic E-state index is 6.67. The topological polar surface area (TPSA) is 56.7 Å². The summed E-state index contributed by atoms with van der Waals surface area (Å²) in [4.78, 5) is 15.6. The SMILES string of the molecule is c1ccc(-c2nc(-c3cc(-c4ccccc4)c4c(c3)sc3ccccc34)nc(-c3cccc4oc5cc(-n6c7ccccc7c7ccccc76)ccc5c34)n2)cc1. The summed E-state index contributed by atoms with van der Waals surface area (Å²) in [7, 11) is 0. The fourth-order valence-corrected chi connectivity index (χ4v) is 9.68. The van der Waals surface area contributed by atoms with Crippen LogP contribution < -0.4 is 0 Å². The lowest BCUT2D eigenvalue weighted by atomic mass is 9.97. The van der Waals surface area contributed by atoms with E-state index >= 15 is 0 Å².